The molecule has 0 saturated heterocycles. The molecule has 7 heteroatoms. The Morgan fingerprint density at radius 2 is 1.89 bits per heavy atom. The first kappa shape index (κ1) is 26.3. The number of fused-ring (bicyclic) bond motifs is 1. The summed E-state index contributed by atoms with van der Waals surface area (Å²) >= 11 is 0. The zero-order valence-corrected chi connectivity index (χ0v) is 21.3. The van der Waals surface area contributed by atoms with Crippen molar-refractivity contribution < 1.29 is 19.1 Å². The van der Waals surface area contributed by atoms with Gasteiger partial charge in [0.15, 0.2) is 0 Å². The largest absolute Gasteiger partial charge is 0.494 e. The van der Waals surface area contributed by atoms with Gasteiger partial charge >= 0.3 is 5.97 Å². The molecule has 1 aromatic heterocycles. The number of amides is 1. The van der Waals surface area contributed by atoms with Crippen molar-refractivity contribution in [3.63, 3.8) is 0 Å². The minimum atomic E-state index is -0.188. The molecule has 0 aliphatic rings. The molecule has 1 N–H and O–H groups in total. The molecule has 1 atom stereocenters. The first-order valence-corrected chi connectivity index (χ1v) is 12.5. The molecule has 1 amide bonds. The summed E-state index contributed by atoms with van der Waals surface area (Å²) in [4.78, 5) is 28.1. The van der Waals surface area contributed by atoms with Gasteiger partial charge in [-0.2, -0.15) is 0 Å². The smallest absolute Gasteiger partial charge is 0.305 e. The second-order valence-corrected chi connectivity index (χ2v) is 8.99. The molecule has 0 bridgehead atoms. The van der Waals surface area contributed by atoms with Gasteiger partial charge in [-0.1, -0.05) is 39.3 Å². The highest BCUT2D eigenvalue weighted by molar-refractivity contribution is 5.93. The second kappa shape index (κ2) is 12.9. The lowest BCUT2D eigenvalue weighted by Crippen LogP contribution is -2.10. The molecule has 0 saturated carbocycles. The van der Waals surface area contributed by atoms with E-state index < -0.39 is 0 Å². The van der Waals surface area contributed by atoms with E-state index in [4.69, 9.17) is 14.5 Å². The van der Waals surface area contributed by atoms with Gasteiger partial charge in [0.1, 0.15) is 11.6 Å². The van der Waals surface area contributed by atoms with E-state index in [2.05, 4.69) is 28.9 Å². The van der Waals surface area contributed by atoms with Crippen LogP contribution in [0.25, 0.3) is 11.0 Å². The minimum absolute atomic E-state index is 0.00287. The summed E-state index contributed by atoms with van der Waals surface area (Å²) in [5.41, 5.74) is 3.89. The highest BCUT2D eigenvalue weighted by Gasteiger charge is 2.13. The summed E-state index contributed by atoms with van der Waals surface area (Å²) in [6.45, 7) is 7.29. The van der Waals surface area contributed by atoms with Crippen molar-refractivity contribution >= 4 is 28.6 Å². The van der Waals surface area contributed by atoms with Gasteiger partial charge in [0.05, 0.1) is 24.8 Å². The van der Waals surface area contributed by atoms with Crippen molar-refractivity contribution in [3.05, 3.63) is 53.9 Å². The van der Waals surface area contributed by atoms with Gasteiger partial charge in [-0.25, -0.2) is 4.98 Å². The number of nitrogens with one attached hydrogen (secondary N) is 1. The van der Waals surface area contributed by atoms with Crippen molar-refractivity contribution in [1.82, 2.24) is 9.55 Å². The SMILES string of the molecule is CCCCc1nc2ccc(NC(=O)CC)cc2n1Cc1ccc(OCCC(C)CC(=O)OC)cc1. The van der Waals surface area contributed by atoms with E-state index >= 15 is 0 Å². The lowest BCUT2D eigenvalue weighted by Gasteiger charge is -2.13. The van der Waals surface area contributed by atoms with Crippen LogP contribution in [0.4, 0.5) is 5.69 Å². The maximum atomic E-state index is 11.9. The van der Waals surface area contributed by atoms with Crippen LogP contribution in [0.3, 0.4) is 0 Å². The quantitative estimate of drug-likeness (QED) is 0.316. The highest BCUT2D eigenvalue weighted by Crippen LogP contribution is 2.24. The highest BCUT2D eigenvalue weighted by atomic mass is 16.5. The molecule has 2 aromatic carbocycles. The van der Waals surface area contributed by atoms with Crippen LogP contribution in [0.15, 0.2) is 42.5 Å². The number of anilines is 1. The molecule has 3 aromatic rings. The average Bonchev–Trinajstić information content (AvgIpc) is 3.19. The van der Waals surface area contributed by atoms with Crippen molar-refractivity contribution in [3.8, 4) is 5.75 Å². The number of nitrogens with zero attached hydrogens (tertiary/aromatic N) is 2. The van der Waals surface area contributed by atoms with Gasteiger partial charge in [0.2, 0.25) is 5.91 Å². The number of rotatable bonds is 13. The fourth-order valence-corrected chi connectivity index (χ4v) is 3.92. The topological polar surface area (TPSA) is 82.5 Å². The number of carbonyl (C=O) groups excluding carboxylic acids is 2. The van der Waals surface area contributed by atoms with Crippen LogP contribution in [0, 0.1) is 5.92 Å². The monoisotopic (exact) mass is 479 g/mol. The number of carbonyl (C=O) groups is 2. The first-order chi connectivity index (χ1) is 16.9. The molecule has 0 fully saturated rings. The summed E-state index contributed by atoms with van der Waals surface area (Å²) in [6, 6.07) is 14.0. The summed E-state index contributed by atoms with van der Waals surface area (Å²) in [6.07, 6.45) is 4.72. The second-order valence-electron chi connectivity index (χ2n) is 8.99. The minimum Gasteiger partial charge on any atom is -0.494 e. The Balaban J connectivity index is 1.71. The normalized spacial score (nSPS) is 11.9. The molecule has 0 aliphatic carbocycles. The van der Waals surface area contributed by atoms with Gasteiger partial charge in [-0.3, -0.25) is 9.59 Å². The maximum Gasteiger partial charge on any atom is 0.305 e. The van der Waals surface area contributed by atoms with E-state index in [9.17, 15) is 9.59 Å². The Kier molecular flexibility index (Phi) is 9.70. The standard InChI is InChI=1S/C28H37N3O4/c1-5-7-8-26-30-24-14-11-22(29-27(32)6-2)18-25(24)31(26)19-21-9-12-23(13-10-21)35-16-15-20(3)17-28(33)34-4/h9-14,18,20H,5-8,15-17,19H2,1-4H3,(H,29,32). The molecule has 1 unspecified atom stereocenters. The number of hydrogen-bond donors (Lipinski definition) is 1. The van der Waals surface area contributed by atoms with Gasteiger partial charge in [0.25, 0.3) is 0 Å². The molecular weight excluding hydrogens is 442 g/mol. The summed E-state index contributed by atoms with van der Waals surface area (Å²) in [7, 11) is 1.41. The van der Waals surface area contributed by atoms with E-state index in [1.807, 2.05) is 44.2 Å². The Bertz CT molecular complexity index is 1120. The maximum absolute atomic E-state index is 11.9. The summed E-state index contributed by atoms with van der Waals surface area (Å²) in [5, 5.41) is 2.95. The van der Waals surface area contributed by atoms with Crippen LogP contribution < -0.4 is 10.1 Å². The number of benzene rings is 2. The average molecular weight is 480 g/mol. The number of hydrogen-bond acceptors (Lipinski definition) is 5. The zero-order valence-electron chi connectivity index (χ0n) is 21.3. The van der Waals surface area contributed by atoms with Crippen LogP contribution >= 0.6 is 0 Å². The van der Waals surface area contributed by atoms with Crippen molar-refractivity contribution in [2.75, 3.05) is 19.0 Å². The van der Waals surface area contributed by atoms with E-state index in [0.717, 1.165) is 59.5 Å². The number of aryl methyl sites for hydroxylation is 1. The summed E-state index contributed by atoms with van der Waals surface area (Å²) in [5.74, 6) is 1.89. The Morgan fingerprint density at radius 3 is 2.57 bits per heavy atom. The van der Waals surface area contributed by atoms with Crippen LogP contribution in [-0.2, 0) is 27.3 Å². The first-order valence-electron chi connectivity index (χ1n) is 12.5. The predicted molar refractivity (Wildman–Crippen MR) is 139 cm³/mol. The predicted octanol–water partition coefficient (Wildman–Crippen LogP) is 5.74. The molecule has 0 spiro atoms. The summed E-state index contributed by atoms with van der Waals surface area (Å²) < 4.78 is 12.9. The fourth-order valence-electron chi connectivity index (χ4n) is 3.92. The number of aromatic nitrogens is 2. The van der Waals surface area contributed by atoms with E-state index in [1.165, 1.54) is 7.11 Å². The van der Waals surface area contributed by atoms with Crippen molar-refractivity contribution in [2.24, 2.45) is 5.92 Å². The van der Waals surface area contributed by atoms with Crippen LogP contribution in [0.5, 0.6) is 5.75 Å². The van der Waals surface area contributed by atoms with Gasteiger partial charge in [0, 0.05) is 31.5 Å². The van der Waals surface area contributed by atoms with Gasteiger partial charge < -0.3 is 19.4 Å². The molecule has 0 radical (unpaired) electrons. The zero-order chi connectivity index (χ0) is 25.2. The van der Waals surface area contributed by atoms with Crippen LogP contribution in [0.2, 0.25) is 0 Å². The van der Waals surface area contributed by atoms with Crippen molar-refractivity contribution in [1.29, 1.82) is 0 Å². The van der Waals surface area contributed by atoms with Gasteiger partial charge in [-0.15, -0.1) is 0 Å². The van der Waals surface area contributed by atoms with Crippen LogP contribution in [-0.4, -0.2) is 35.1 Å². The van der Waals surface area contributed by atoms with E-state index in [1.54, 1.807) is 0 Å². The molecule has 188 valence electrons. The number of imidazole rings is 1. The van der Waals surface area contributed by atoms with Gasteiger partial charge in [-0.05, 0) is 54.7 Å². The Labute approximate surface area is 207 Å². The third-order valence-corrected chi connectivity index (χ3v) is 6.07. The van der Waals surface area contributed by atoms with Crippen molar-refractivity contribution in [2.45, 2.75) is 65.8 Å². The lowest BCUT2D eigenvalue weighted by molar-refractivity contribution is -0.141. The van der Waals surface area contributed by atoms with E-state index in [-0.39, 0.29) is 17.8 Å². The molecule has 7 nitrogen and oxygen atoms in total. The number of esters is 1. The third-order valence-electron chi connectivity index (χ3n) is 6.07. The number of methoxy groups -OCH3 is 1. The number of ether oxygens (including phenoxy) is 2. The molecule has 0 aliphatic heterocycles. The third kappa shape index (κ3) is 7.57. The Hall–Kier alpha value is -3.35. The van der Waals surface area contributed by atoms with Crippen LogP contribution in [0.1, 0.15) is 64.3 Å². The lowest BCUT2D eigenvalue weighted by atomic mass is 10.1. The molecule has 35 heavy (non-hydrogen) atoms. The molecule has 1 heterocycles. The fraction of sp³-hybridized carbons (Fsp3) is 0.464. The molecule has 3 rings (SSSR count). The molecular formula is C28H37N3O4. The Morgan fingerprint density at radius 1 is 1.11 bits per heavy atom. The van der Waals surface area contributed by atoms with E-state index in [0.29, 0.717) is 26.0 Å². The number of unbranched alkanes of at least 4 members (excludes halogenated alkanes) is 1.